The van der Waals surface area contributed by atoms with Crippen LogP contribution >= 0.6 is 11.6 Å². The van der Waals surface area contributed by atoms with Crippen LogP contribution in [0.5, 0.6) is 0 Å². The van der Waals surface area contributed by atoms with Crippen molar-refractivity contribution in [2.75, 3.05) is 0 Å². The molecule has 0 aliphatic heterocycles. The number of sulfonamides is 1. The Morgan fingerprint density at radius 2 is 1.52 bits per heavy atom. The lowest BCUT2D eigenvalue weighted by molar-refractivity contribution is -0.122. The van der Waals surface area contributed by atoms with E-state index in [-0.39, 0.29) is 15.5 Å². The van der Waals surface area contributed by atoms with Crippen LogP contribution in [0.3, 0.4) is 0 Å². The molecule has 0 saturated heterocycles. The number of nitrogens with two attached hydrogens (primary N) is 1. The molecule has 0 aliphatic rings. The Bertz CT molecular complexity index is 1210. The van der Waals surface area contributed by atoms with Crippen molar-refractivity contribution in [2.45, 2.75) is 17.5 Å². The smallest absolute Gasteiger partial charge is 0.244 e. The number of carbonyl (C=O) groups excluding carboxylic acids is 1. The molecule has 0 fully saturated rings. The van der Waals surface area contributed by atoms with Gasteiger partial charge in [-0.1, -0.05) is 41.9 Å². The molecule has 1 amide bonds. The monoisotopic (exact) mass is 468 g/mol. The minimum atomic E-state index is -4.46. The van der Waals surface area contributed by atoms with Crippen LogP contribution < -0.4 is 5.73 Å². The number of nitrogens with zero attached hydrogens (tertiary/aromatic N) is 1. The zero-order valence-electron chi connectivity index (χ0n) is 15.8. The van der Waals surface area contributed by atoms with Gasteiger partial charge in [-0.2, -0.15) is 4.31 Å². The van der Waals surface area contributed by atoms with Crippen LogP contribution in [0, 0.1) is 17.5 Å². The van der Waals surface area contributed by atoms with Gasteiger partial charge in [0, 0.05) is 23.2 Å². The number of benzene rings is 3. The quantitative estimate of drug-likeness (QED) is 0.528. The number of rotatable bonds is 7. The molecule has 0 saturated carbocycles. The highest BCUT2D eigenvalue weighted by Gasteiger charge is 2.37. The minimum absolute atomic E-state index is 0.218. The molecule has 0 heterocycles. The Kier molecular flexibility index (Phi) is 6.68. The SMILES string of the molecule is NC(=O)[C@@H](c1ccccc1)N(Cc1cc(F)c(F)cc1F)S(=O)(=O)c1ccc(Cl)cc1. The second-order valence-corrected chi connectivity index (χ2v) is 8.90. The summed E-state index contributed by atoms with van der Waals surface area (Å²) in [6, 6.07) is 12.1. The van der Waals surface area contributed by atoms with Crippen LogP contribution in [0.1, 0.15) is 17.2 Å². The third-order valence-electron chi connectivity index (χ3n) is 4.51. The molecular formula is C21H16ClF3N2O3S. The fraction of sp³-hybridized carbons (Fsp3) is 0.0952. The first-order valence-electron chi connectivity index (χ1n) is 8.86. The molecule has 3 aromatic carbocycles. The molecule has 10 heteroatoms. The molecule has 31 heavy (non-hydrogen) atoms. The number of carbonyl (C=O) groups is 1. The van der Waals surface area contributed by atoms with E-state index in [1.54, 1.807) is 18.2 Å². The molecule has 0 spiro atoms. The Morgan fingerprint density at radius 3 is 2.10 bits per heavy atom. The van der Waals surface area contributed by atoms with Crippen molar-refractivity contribution in [3.8, 4) is 0 Å². The van der Waals surface area contributed by atoms with Gasteiger partial charge in [-0.25, -0.2) is 21.6 Å². The highest BCUT2D eigenvalue weighted by Crippen LogP contribution is 2.31. The van der Waals surface area contributed by atoms with Gasteiger partial charge >= 0.3 is 0 Å². The van der Waals surface area contributed by atoms with Gasteiger partial charge in [0.1, 0.15) is 11.9 Å². The van der Waals surface area contributed by atoms with Crippen molar-refractivity contribution in [1.82, 2.24) is 4.31 Å². The van der Waals surface area contributed by atoms with Crippen LogP contribution in [0.4, 0.5) is 13.2 Å². The summed E-state index contributed by atoms with van der Waals surface area (Å²) < 4.78 is 68.9. The summed E-state index contributed by atoms with van der Waals surface area (Å²) in [4.78, 5) is 12.1. The number of hydrogen-bond acceptors (Lipinski definition) is 3. The normalized spacial score (nSPS) is 12.7. The molecule has 0 aliphatic carbocycles. The Balaban J connectivity index is 2.19. The summed E-state index contributed by atoms with van der Waals surface area (Å²) in [6.07, 6.45) is 0. The third-order valence-corrected chi connectivity index (χ3v) is 6.59. The molecule has 3 rings (SSSR count). The molecule has 1 atom stereocenters. The second-order valence-electron chi connectivity index (χ2n) is 6.58. The standard InChI is InChI=1S/C21H16ClF3N2O3S/c22-15-6-8-16(9-7-15)31(29,30)27(12-14-10-18(24)19(25)11-17(14)23)20(21(26)28)13-4-2-1-3-5-13/h1-11,20H,12H2,(H2,26,28)/t20-/m1/s1. The topological polar surface area (TPSA) is 80.5 Å². The van der Waals surface area contributed by atoms with Crippen molar-refractivity contribution >= 4 is 27.5 Å². The van der Waals surface area contributed by atoms with E-state index in [0.29, 0.717) is 16.4 Å². The van der Waals surface area contributed by atoms with E-state index in [0.717, 1.165) is 0 Å². The summed E-state index contributed by atoms with van der Waals surface area (Å²) in [6.45, 7) is -0.781. The maximum absolute atomic E-state index is 14.3. The molecule has 5 nitrogen and oxygen atoms in total. The fourth-order valence-corrected chi connectivity index (χ4v) is 4.71. The van der Waals surface area contributed by atoms with Gasteiger partial charge in [0.25, 0.3) is 0 Å². The number of halogens is 4. The van der Waals surface area contributed by atoms with E-state index in [1.165, 1.54) is 36.4 Å². The third kappa shape index (κ3) is 4.90. The zero-order chi connectivity index (χ0) is 22.8. The highest BCUT2D eigenvalue weighted by molar-refractivity contribution is 7.89. The van der Waals surface area contributed by atoms with Gasteiger partial charge in [0.05, 0.1) is 4.90 Å². The predicted molar refractivity (Wildman–Crippen MR) is 109 cm³/mol. The fourth-order valence-electron chi connectivity index (χ4n) is 3.02. The molecule has 2 N–H and O–H groups in total. The number of hydrogen-bond donors (Lipinski definition) is 1. The maximum Gasteiger partial charge on any atom is 0.244 e. The van der Waals surface area contributed by atoms with E-state index in [1.807, 2.05) is 0 Å². The lowest BCUT2D eigenvalue weighted by Gasteiger charge is -2.29. The van der Waals surface area contributed by atoms with Crippen molar-refractivity contribution in [3.05, 3.63) is 100 Å². The summed E-state index contributed by atoms with van der Waals surface area (Å²) >= 11 is 5.82. The first kappa shape index (κ1) is 22.8. The molecule has 3 aromatic rings. The van der Waals surface area contributed by atoms with E-state index in [9.17, 15) is 26.4 Å². The van der Waals surface area contributed by atoms with E-state index in [2.05, 4.69) is 0 Å². The van der Waals surface area contributed by atoms with Crippen molar-refractivity contribution in [2.24, 2.45) is 5.73 Å². The van der Waals surface area contributed by atoms with Crippen LogP contribution in [0.2, 0.25) is 5.02 Å². The zero-order valence-corrected chi connectivity index (χ0v) is 17.4. The molecule has 0 aromatic heterocycles. The summed E-state index contributed by atoms with van der Waals surface area (Å²) in [7, 11) is -4.46. The molecular weight excluding hydrogens is 453 g/mol. The maximum atomic E-state index is 14.3. The first-order valence-corrected chi connectivity index (χ1v) is 10.7. The van der Waals surface area contributed by atoms with Crippen LogP contribution in [0.25, 0.3) is 0 Å². The minimum Gasteiger partial charge on any atom is -0.368 e. The van der Waals surface area contributed by atoms with Crippen molar-refractivity contribution in [1.29, 1.82) is 0 Å². The van der Waals surface area contributed by atoms with Gasteiger partial charge in [-0.15, -0.1) is 0 Å². The summed E-state index contributed by atoms with van der Waals surface area (Å²) in [5.41, 5.74) is 5.26. The van der Waals surface area contributed by atoms with Crippen molar-refractivity contribution < 1.29 is 26.4 Å². The van der Waals surface area contributed by atoms with Gasteiger partial charge in [-0.3, -0.25) is 4.79 Å². The van der Waals surface area contributed by atoms with Crippen molar-refractivity contribution in [3.63, 3.8) is 0 Å². The van der Waals surface area contributed by atoms with Gasteiger partial charge in [-0.05, 0) is 35.9 Å². The average molecular weight is 469 g/mol. The largest absolute Gasteiger partial charge is 0.368 e. The molecule has 0 unspecified atom stereocenters. The summed E-state index contributed by atoms with van der Waals surface area (Å²) in [5, 5.41) is 0.270. The lowest BCUT2D eigenvalue weighted by Crippen LogP contribution is -2.41. The Hall–Kier alpha value is -2.88. The Morgan fingerprint density at radius 1 is 0.935 bits per heavy atom. The molecule has 0 bridgehead atoms. The highest BCUT2D eigenvalue weighted by atomic mass is 35.5. The van der Waals surface area contributed by atoms with Crippen LogP contribution in [0.15, 0.2) is 71.6 Å². The Labute approximate surface area is 181 Å². The average Bonchev–Trinajstić information content (AvgIpc) is 2.72. The van der Waals surface area contributed by atoms with Crippen LogP contribution in [-0.4, -0.2) is 18.6 Å². The van der Waals surface area contributed by atoms with E-state index in [4.69, 9.17) is 17.3 Å². The van der Waals surface area contributed by atoms with Crippen LogP contribution in [-0.2, 0) is 21.4 Å². The predicted octanol–water partition coefficient (Wildman–Crippen LogP) is 4.17. The molecule has 162 valence electrons. The molecule has 0 radical (unpaired) electrons. The second kappa shape index (κ2) is 9.09. The number of primary amides is 1. The summed E-state index contributed by atoms with van der Waals surface area (Å²) in [5.74, 6) is -5.00. The van der Waals surface area contributed by atoms with Gasteiger partial charge < -0.3 is 5.73 Å². The number of amides is 1. The first-order chi connectivity index (χ1) is 14.6. The van der Waals surface area contributed by atoms with E-state index < -0.39 is 51.5 Å². The van der Waals surface area contributed by atoms with Gasteiger partial charge in [0.2, 0.25) is 15.9 Å². The van der Waals surface area contributed by atoms with Gasteiger partial charge in [0.15, 0.2) is 11.6 Å². The lowest BCUT2D eigenvalue weighted by atomic mass is 10.1. The van der Waals surface area contributed by atoms with E-state index >= 15 is 0 Å².